The van der Waals surface area contributed by atoms with Crippen LogP contribution in [0.5, 0.6) is 5.75 Å². The fourth-order valence-electron chi connectivity index (χ4n) is 2.74. The third-order valence-corrected chi connectivity index (χ3v) is 4.99. The molecule has 0 radical (unpaired) electrons. The maximum Gasteiger partial charge on any atom is 0.408 e. The summed E-state index contributed by atoms with van der Waals surface area (Å²) in [5.74, 6) is -0.415. The molecule has 0 spiro atoms. The van der Waals surface area contributed by atoms with E-state index in [-0.39, 0.29) is 17.2 Å². The lowest BCUT2D eigenvalue weighted by Crippen LogP contribution is -2.47. The molecule has 1 amide bonds. The van der Waals surface area contributed by atoms with Gasteiger partial charge in [-0.2, -0.15) is 0 Å². The maximum atomic E-state index is 12.4. The minimum atomic E-state index is -1.45. The normalized spacial score (nSPS) is 13.1. The largest absolute Gasteiger partial charge is 0.486 e. The summed E-state index contributed by atoms with van der Waals surface area (Å²) in [6, 6.07) is 11.2. The molecule has 0 aliphatic rings. The third kappa shape index (κ3) is 7.69. The predicted molar refractivity (Wildman–Crippen MR) is 125 cm³/mol. The molecule has 0 aromatic heterocycles. The Hall–Kier alpha value is -2.29. The number of aliphatic hydroxyl groups excluding tert-OH is 1. The number of rotatable bonds is 8. The van der Waals surface area contributed by atoms with Crippen LogP contribution in [0.4, 0.5) is 4.79 Å². The molecule has 0 unspecified atom stereocenters. The molecule has 2 rings (SSSR count). The average Bonchev–Trinajstić information content (AvgIpc) is 2.70. The number of hydrogen-bond acceptors (Lipinski definition) is 6. The Morgan fingerprint density at radius 2 is 1.84 bits per heavy atom. The highest BCUT2D eigenvalue weighted by atomic mass is 79.9. The summed E-state index contributed by atoms with van der Waals surface area (Å²) in [5, 5.41) is 13.5. The van der Waals surface area contributed by atoms with Gasteiger partial charge in [-0.15, -0.1) is 0 Å². The number of carbonyl (C=O) groups excluding carboxylic acids is 2. The number of halogens is 2. The molecule has 0 fully saturated rings. The molecule has 174 valence electrons. The second-order valence-corrected chi connectivity index (χ2v) is 9.17. The topological polar surface area (TPSA) is 94.1 Å². The number of benzene rings is 2. The van der Waals surface area contributed by atoms with E-state index in [0.29, 0.717) is 16.8 Å². The van der Waals surface area contributed by atoms with Crippen molar-refractivity contribution in [2.75, 3.05) is 6.61 Å². The van der Waals surface area contributed by atoms with Gasteiger partial charge in [-0.3, -0.25) is 0 Å². The molecule has 2 atom stereocenters. The van der Waals surface area contributed by atoms with Crippen molar-refractivity contribution >= 4 is 39.6 Å². The van der Waals surface area contributed by atoms with E-state index in [4.69, 9.17) is 25.8 Å². The second kappa shape index (κ2) is 11.5. The van der Waals surface area contributed by atoms with Crippen LogP contribution in [0, 0.1) is 0 Å². The van der Waals surface area contributed by atoms with Crippen molar-refractivity contribution in [3.05, 3.63) is 63.1 Å². The molecule has 32 heavy (non-hydrogen) atoms. The van der Waals surface area contributed by atoms with Crippen LogP contribution in [0.1, 0.15) is 44.9 Å². The Balaban J connectivity index is 2.23. The fourth-order valence-corrected chi connectivity index (χ4v) is 3.73. The maximum absolute atomic E-state index is 12.4. The number of hydrogen-bond donors (Lipinski definition) is 2. The van der Waals surface area contributed by atoms with Gasteiger partial charge >= 0.3 is 12.1 Å². The summed E-state index contributed by atoms with van der Waals surface area (Å²) in [5.41, 5.74) is 0.463. The summed E-state index contributed by atoms with van der Waals surface area (Å²) in [7, 11) is 0. The van der Waals surface area contributed by atoms with Crippen molar-refractivity contribution in [1.82, 2.24) is 5.32 Å². The SMILES string of the molecule is CCOC(=O)[C@@H](NC(=O)OC(C)(C)C)[C@@H](O)c1cc(Cl)c(OCc2ccccc2)c(Br)c1. The van der Waals surface area contributed by atoms with Crippen molar-refractivity contribution in [3.63, 3.8) is 0 Å². The molecule has 0 saturated heterocycles. The number of nitrogens with one attached hydrogen (secondary N) is 1. The fraction of sp³-hybridized carbons (Fsp3) is 0.391. The highest BCUT2D eigenvalue weighted by Gasteiger charge is 2.33. The predicted octanol–water partition coefficient (Wildman–Crippen LogP) is 5.17. The Labute approximate surface area is 201 Å². The molecule has 0 aliphatic heterocycles. The van der Waals surface area contributed by atoms with Gasteiger partial charge in [-0.25, -0.2) is 9.59 Å². The smallest absolute Gasteiger partial charge is 0.408 e. The monoisotopic (exact) mass is 527 g/mol. The summed E-state index contributed by atoms with van der Waals surface area (Å²) < 4.78 is 16.5. The van der Waals surface area contributed by atoms with Crippen molar-refractivity contribution in [2.24, 2.45) is 0 Å². The van der Waals surface area contributed by atoms with Gasteiger partial charge in [-0.05, 0) is 66.9 Å². The second-order valence-electron chi connectivity index (χ2n) is 7.91. The van der Waals surface area contributed by atoms with Crippen LogP contribution >= 0.6 is 27.5 Å². The first-order valence-electron chi connectivity index (χ1n) is 10.0. The van der Waals surface area contributed by atoms with E-state index in [1.165, 1.54) is 6.07 Å². The van der Waals surface area contributed by atoms with E-state index >= 15 is 0 Å². The number of amides is 1. The van der Waals surface area contributed by atoms with Gasteiger partial charge in [0.25, 0.3) is 0 Å². The van der Waals surface area contributed by atoms with Crippen LogP contribution in [0.15, 0.2) is 46.9 Å². The lowest BCUT2D eigenvalue weighted by atomic mass is 10.0. The van der Waals surface area contributed by atoms with Crippen molar-refractivity contribution in [1.29, 1.82) is 0 Å². The van der Waals surface area contributed by atoms with Crippen LogP contribution in [-0.4, -0.2) is 35.4 Å². The van der Waals surface area contributed by atoms with E-state index in [1.807, 2.05) is 30.3 Å². The van der Waals surface area contributed by atoms with Crippen LogP contribution in [-0.2, 0) is 20.9 Å². The first-order valence-corrected chi connectivity index (χ1v) is 11.2. The zero-order valence-electron chi connectivity index (χ0n) is 18.4. The van der Waals surface area contributed by atoms with Crippen molar-refractivity contribution < 1.29 is 28.9 Å². The van der Waals surface area contributed by atoms with Gasteiger partial charge < -0.3 is 24.6 Å². The molecule has 2 N–H and O–H groups in total. The Kier molecular flexibility index (Phi) is 9.36. The van der Waals surface area contributed by atoms with Gasteiger partial charge in [0, 0.05) is 0 Å². The first kappa shape index (κ1) is 26.0. The highest BCUT2D eigenvalue weighted by molar-refractivity contribution is 9.10. The number of esters is 1. The van der Waals surface area contributed by atoms with Crippen LogP contribution in [0.25, 0.3) is 0 Å². The molecular weight excluding hydrogens is 502 g/mol. The Morgan fingerprint density at radius 1 is 1.19 bits per heavy atom. The third-order valence-electron chi connectivity index (χ3n) is 4.12. The van der Waals surface area contributed by atoms with Crippen LogP contribution in [0.3, 0.4) is 0 Å². The summed E-state index contributed by atoms with van der Waals surface area (Å²) in [4.78, 5) is 24.6. The van der Waals surface area contributed by atoms with Crippen molar-refractivity contribution in [2.45, 2.75) is 52.0 Å². The standard InChI is InChI=1S/C23H27BrClNO6/c1-5-30-21(28)18(26-22(29)32-23(2,3)4)19(27)15-11-16(24)20(17(25)12-15)31-13-14-9-7-6-8-10-14/h6-12,18-19,27H,5,13H2,1-4H3,(H,26,29)/t18-,19-/m0/s1. The molecule has 0 aliphatic carbocycles. The number of aliphatic hydroxyl groups is 1. The van der Waals surface area contributed by atoms with Crippen LogP contribution < -0.4 is 10.1 Å². The van der Waals surface area contributed by atoms with Gasteiger partial charge in [0.2, 0.25) is 0 Å². The molecule has 0 saturated carbocycles. The molecular formula is C23H27BrClNO6. The van der Waals surface area contributed by atoms with E-state index < -0.39 is 29.8 Å². The lowest BCUT2D eigenvalue weighted by Gasteiger charge is -2.26. The number of ether oxygens (including phenoxy) is 3. The lowest BCUT2D eigenvalue weighted by molar-refractivity contribution is -0.148. The quantitative estimate of drug-likeness (QED) is 0.459. The molecule has 9 heteroatoms. The van der Waals surface area contributed by atoms with E-state index in [9.17, 15) is 14.7 Å². The zero-order valence-corrected chi connectivity index (χ0v) is 20.7. The average molecular weight is 529 g/mol. The van der Waals surface area contributed by atoms with Gasteiger partial charge in [0.1, 0.15) is 18.3 Å². The number of alkyl carbamates (subject to hydrolysis) is 1. The number of carbonyl (C=O) groups is 2. The van der Waals surface area contributed by atoms with Gasteiger partial charge in [0.15, 0.2) is 11.8 Å². The van der Waals surface area contributed by atoms with Gasteiger partial charge in [0.05, 0.1) is 16.1 Å². The summed E-state index contributed by atoms with van der Waals surface area (Å²) in [6.07, 6.45) is -2.30. The highest BCUT2D eigenvalue weighted by Crippen LogP contribution is 2.37. The minimum absolute atomic E-state index is 0.0781. The summed E-state index contributed by atoms with van der Waals surface area (Å²) in [6.45, 7) is 7.07. The molecule has 2 aromatic carbocycles. The van der Waals surface area contributed by atoms with Gasteiger partial charge in [-0.1, -0.05) is 41.9 Å². The van der Waals surface area contributed by atoms with Crippen LogP contribution in [0.2, 0.25) is 5.02 Å². The minimum Gasteiger partial charge on any atom is -0.486 e. The molecule has 0 bridgehead atoms. The molecule has 0 heterocycles. The molecule has 2 aromatic rings. The first-order chi connectivity index (χ1) is 15.0. The van der Waals surface area contributed by atoms with E-state index in [0.717, 1.165) is 5.56 Å². The van der Waals surface area contributed by atoms with E-state index in [2.05, 4.69) is 21.2 Å². The summed E-state index contributed by atoms with van der Waals surface area (Å²) >= 11 is 9.79. The Morgan fingerprint density at radius 3 is 2.41 bits per heavy atom. The zero-order chi connectivity index (χ0) is 23.9. The Bertz CT molecular complexity index is 909. The molecule has 7 nitrogen and oxygen atoms in total. The van der Waals surface area contributed by atoms with Crippen molar-refractivity contribution in [3.8, 4) is 5.75 Å². The van der Waals surface area contributed by atoms with E-state index in [1.54, 1.807) is 33.8 Å².